The molecule has 2 atom stereocenters. The van der Waals surface area contributed by atoms with E-state index in [1.54, 1.807) is 23.1 Å². The van der Waals surface area contributed by atoms with E-state index in [0.29, 0.717) is 19.6 Å². The van der Waals surface area contributed by atoms with Crippen molar-refractivity contribution in [2.24, 2.45) is 0 Å². The first-order chi connectivity index (χ1) is 17.4. The normalized spacial score (nSPS) is 23.7. The molecule has 3 aliphatic heterocycles. The van der Waals surface area contributed by atoms with Crippen LogP contribution in [0.3, 0.4) is 0 Å². The van der Waals surface area contributed by atoms with Crippen LogP contribution in [0, 0.1) is 0 Å². The van der Waals surface area contributed by atoms with Crippen molar-refractivity contribution in [3.05, 3.63) is 59.3 Å². The SMILES string of the molecule is CCOc1ccc2[nH]c3c(c2c1)C[C@@]1(C)C(=O)N(CCCN2CCC2)C(=O)N1[C@@H]3c1cccc(O)c1. The number of aromatic nitrogens is 1. The van der Waals surface area contributed by atoms with E-state index in [4.69, 9.17) is 4.74 Å². The minimum absolute atomic E-state index is 0.125. The third kappa shape index (κ3) is 3.46. The van der Waals surface area contributed by atoms with Gasteiger partial charge < -0.3 is 19.7 Å². The highest BCUT2D eigenvalue weighted by atomic mass is 16.5. The van der Waals surface area contributed by atoms with Crippen LogP contribution in [0.15, 0.2) is 42.5 Å². The number of nitrogens with zero attached hydrogens (tertiary/aromatic N) is 3. The van der Waals surface area contributed by atoms with Gasteiger partial charge in [-0.3, -0.25) is 14.6 Å². The van der Waals surface area contributed by atoms with Gasteiger partial charge in [0.2, 0.25) is 0 Å². The largest absolute Gasteiger partial charge is 0.508 e. The molecule has 4 heterocycles. The summed E-state index contributed by atoms with van der Waals surface area (Å²) >= 11 is 0. The van der Waals surface area contributed by atoms with Crippen molar-refractivity contribution in [2.75, 3.05) is 32.8 Å². The molecule has 3 amide bonds. The number of aromatic hydroxyl groups is 1. The van der Waals surface area contributed by atoms with Gasteiger partial charge in [0.15, 0.2) is 0 Å². The molecule has 2 fully saturated rings. The summed E-state index contributed by atoms with van der Waals surface area (Å²) < 4.78 is 5.76. The van der Waals surface area contributed by atoms with E-state index >= 15 is 0 Å². The molecule has 8 nitrogen and oxygen atoms in total. The van der Waals surface area contributed by atoms with Crippen molar-refractivity contribution in [1.82, 2.24) is 19.7 Å². The Bertz CT molecular complexity index is 1350. The third-order valence-corrected chi connectivity index (χ3v) is 7.94. The number of benzene rings is 2. The molecule has 1 aromatic heterocycles. The average Bonchev–Trinajstić information content (AvgIpc) is 3.26. The van der Waals surface area contributed by atoms with Crippen LogP contribution < -0.4 is 4.74 Å². The molecule has 0 bridgehead atoms. The lowest BCUT2D eigenvalue weighted by molar-refractivity contribution is -0.133. The zero-order chi connectivity index (χ0) is 25.0. The smallest absolute Gasteiger partial charge is 0.328 e. The van der Waals surface area contributed by atoms with E-state index < -0.39 is 11.6 Å². The van der Waals surface area contributed by atoms with Gasteiger partial charge in [-0.1, -0.05) is 12.1 Å². The van der Waals surface area contributed by atoms with Gasteiger partial charge in [0, 0.05) is 29.6 Å². The summed E-state index contributed by atoms with van der Waals surface area (Å²) in [5.74, 6) is 0.748. The van der Waals surface area contributed by atoms with E-state index in [-0.39, 0.29) is 17.7 Å². The number of fused-ring (bicyclic) bond motifs is 4. The first-order valence-corrected chi connectivity index (χ1v) is 12.8. The van der Waals surface area contributed by atoms with Crippen molar-refractivity contribution in [1.29, 1.82) is 0 Å². The molecule has 188 valence electrons. The number of phenols is 1. The molecule has 3 aliphatic rings. The summed E-state index contributed by atoms with van der Waals surface area (Å²) in [6, 6.07) is 12.1. The predicted molar refractivity (Wildman–Crippen MR) is 136 cm³/mol. The van der Waals surface area contributed by atoms with Gasteiger partial charge >= 0.3 is 6.03 Å². The second-order valence-corrected chi connectivity index (χ2v) is 10.3. The molecule has 2 N–H and O–H groups in total. The van der Waals surface area contributed by atoms with E-state index in [0.717, 1.165) is 59.5 Å². The Hall–Kier alpha value is -3.52. The summed E-state index contributed by atoms with van der Waals surface area (Å²) in [5, 5.41) is 11.3. The van der Waals surface area contributed by atoms with Crippen LogP contribution >= 0.6 is 0 Å². The van der Waals surface area contributed by atoms with Crippen LogP contribution in [0.2, 0.25) is 0 Å². The number of carbonyl (C=O) groups is 2. The number of rotatable bonds is 7. The minimum atomic E-state index is -1.02. The Morgan fingerprint density at radius 1 is 1.14 bits per heavy atom. The Morgan fingerprint density at radius 2 is 1.97 bits per heavy atom. The van der Waals surface area contributed by atoms with Crippen molar-refractivity contribution < 1.29 is 19.4 Å². The van der Waals surface area contributed by atoms with E-state index in [9.17, 15) is 14.7 Å². The van der Waals surface area contributed by atoms with Crippen LogP contribution in [-0.2, 0) is 11.2 Å². The summed E-state index contributed by atoms with van der Waals surface area (Å²) in [7, 11) is 0. The van der Waals surface area contributed by atoms with Crippen LogP contribution in [0.25, 0.3) is 10.9 Å². The number of carbonyl (C=O) groups excluding carboxylic acids is 2. The number of imide groups is 1. The van der Waals surface area contributed by atoms with Crippen molar-refractivity contribution in [3.63, 3.8) is 0 Å². The fourth-order valence-corrected chi connectivity index (χ4v) is 6.04. The highest BCUT2D eigenvalue weighted by Crippen LogP contribution is 2.49. The zero-order valence-electron chi connectivity index (χ0n) is 20.8. The van der Waals surface area contributed by atoms with Gasteiger partial charge in [-0.2, -0.15) is 0 Å². The van der Waals surface area contributed by atoms with Crippen molar-refractivity contribution in [2.45, 2.75) is 44.7 Å². The molecule has 0 saturated carbocycles. The fourth-order valence-electron chi connectivity index (χ4n) is 6.04. The summed E-state index contributed by atoms with van der Waals surface area (Å²) in [5.41, 5.74) is 2.58. The Kier molecular flexibility index (Phi) is 5.44. The van der Waals surface area contributed by atoms with Gasteiger partial charge in [-0.05, 0) is 87.8 Å². The maximum Gasteiger partial charge on any atom is 0.328 e. The van der Waals surface area contributed by atoms with E-state index in [1.807, 2.05) is 38.1 Å². The lowest BCUT2D eigenvalue weighted by Crippen LogP contribution is -2.53. The quantitative estimate of drug-likeness (QED) is 0.490. The average molecular weight is 489 g/mol. The molecule has 0 aliphatic carbocycles. The molecule has 0 spiro atoms. The van der Waals surface area contributed by atoms with Gasteiger partial charge in [0.1, 0.15) is 23.1 Å². The molecule has 6 rings (SSSR count). The number of H-pyrrole nitrogens is 1. The Morgan fingerprint density at radius 3 is 2.69 bits per heavy atom. The second-order valence-electron chi connectivity index (χ2n) is 10.3. The van der Waals surface area contributed by atoms with Crippen LogP contribution in [0.5, 0.6) is 11.5 Å². The minimum Gasteiger partial charge on any atom is -0.508 e. The number of likely N-dealkylation sites (tertiary alicyclic amines) is 1. The number of nitrogens with one attached hydrogen (secondary N) is 1. The standard InChI is InChI=1S/C28H32N4O4/c1-3-36-20-9-10-23-21(16-20)22-17-28(2)26(34)31(14-6-13-30-11-5-12-30)27(35)32(28)25(24(22)29-23)18-7-4-8-19(33)15-18/h4,7-10,15-16,25,29,33H,3,5-6,11-14,17H2,1-2H3/t25-,28+/m1/s1. The molecule has 3 aromatic rings. The maximum absolute atomic E-state index is 13.9. The number of urea groups is 1. The Balaban J connectivity index is 1.44. The molecule has 8 heteroatoms. The fraction of sp³-hybridized carbons (Fsp3) is 0.429. The highest BCUT2D eigenvalue weighted by Gasteiger charge is 2.60. The lowest BCUT2D eigenvalue weighted by Gasteiger charge is -2.42. The van der Waals surface area contributed by atoms with Crippen LogP contribution in [0.4, 0.5) is 4.79 Å². The number of ether oxygens (including phenoxy) is 1. The summed E-state index contributed by atoms with van der Waals surface area (Å²) in [6.45, 7) is 7.89. The Labute approximate surface area is 210 Å². The number of amides is 3. The number of hydrogen-bond acceptors (Lipinski definition) is 5. The molecule has 0 radical (unpaired) electrons. The van der Waals surface area contributed by atoms with Crippen molar-refractivity contribution in [3.8, 4) is 11.5 Å². The number of hydrogen-bond donors (Lipinski definition) is 2. The molecule has 2 saturated heterocycles. The van der Waals surface area contributed by atoms with Gasteiger partial charge in [0.25, 0.3) is 5.91 Å². The van der Waals surface area contributed by atoms with Crippen molar-refractivity contribution >= 4 is 22.8 Å². The lowest BCUT2D eigenvalue weighted by atomic mass is 9.81. The summed E-state index contributed by atoms with van der Waals surface area (Å²) in [6.07, 6.45) is 2.40. The number of phenolic OH excluding ortho intramolecular Hbond substituents is 1. The van der Waals surface area contributed by atoms with E-state index in [1.165, 1.54) is 11.3 Å². The zero-order valence-corrected chi connectivity index (χ0v) is 20.8. The maximum atomic E-state index is 13.9. The molecular formula is C28H32N4O4. The number of aromatic amines is 1. The topological polar surface area (TPSA) is 89.1 Å². The van der Waals surface area contributed by atoms with Gasteiger partial charge in [-0.25, -0.2) is 4.79 Å². The molecule has 36 heavy (non-hydrogen) atoms. The first-order valence-electron chi connectivity index (χ1n) is 12.8. The monoisotopic (exact) mass is 488 g/mol. The molecular weight excluding hydrogens is 456 g/mol. The first kappa shape index (κ1) is 22.9. The van der Waals surface area contributed by atoms with Crippen LogP contribution in [0.1, 0.15) is 49.6 Å². The predicted octanol–water partition coefficient (Wildman–Crippen LogP) is 4.04. The summed E-state index contributed by atoms with van der Waals surface area (Å²) in [4.78, 5) is 36.8. The molecule has 0 unspecified atom stereocenters. The second kappa shape index (κ2) is 8.55. The van der Waals surface area contributed by atoms with Gasteiger partial charge in [0.05, 0.1) is 6.61 Å². The van der Waals surface area contributed by atoms with Gasteiger partial charge in [-0.15, -0.1) is 0 Å². The van der Waals surface area contributed by atoms with E-state index in [2.05, 4.69) is 9.88 Å². The van der Waals surface area contributed by atoms with Crippen LogP contribution in [-0.4, -0.2) is 75.1 Å². The molecule has 2 aromatic carbocycles. The highest BCUT2D eigenvalue weighted by molar-refractivity contribution is 6.08. The third-order valence-electron chi connectivity index (χ3n) is 7.94.